The Labute approximate surface area is 119 Å². The van der Waals surface area contributed by atoms with E-state index in [9.17, 15) is 0 Å². The minimum Gasteiger partial charge on any atom is -0.311 e. The summed E-state index contributed by atoms with van der Waals surface area (Å²) >= 11 is 0. The molecule has 0 aliphatic carbocycles. The van der Waals surface area contributed by atoms with Gasteiger partial charge in [-0.15, -0.1) is 0 Å². The van der Waals surface area contributed by atoms with E-state index in [1.54, 1.807) is 0 Å². The third-order valence-corrected chi connectivity index (χ3v) is 4.96. The summed E-state index contributed by atoms with van der Waals surface area (Å²) in [5.74, 6) is 0.875. The van der Waals surface area contributed by atoms with Gasteiger partial charge in [-0.2, -0.15) is 0 Å². The molecule has 3 heteroatoms. The minimum absolute atomic E-state index is 0.363. The summed E-state index contributed by atoms with van der Waals surface area (Å²) < 4.78 is 0. The van der Waals surface area contributed by atoms with Gasteiger partial charge < -0.3 is 10.2 Å². The second-order valence-corrected chi connectivity index (χ2v) is 7.90. The number of piperidine rings is 1. The molecule has 2 saturated heterocycles. The number of nitrogens with one attached hydrogen (secondary N) is 1. The van der Waals surface area contributed by atoms with Crippen molar-refractivity contribution in [2.24, 2.45) is 11.3 Å². The SMILES string of the molecule is CC1CNC(C(C)(C)C)CN1CC1CCCN(C)C1. The van der Waals surface area contributed by atoms with E-state index in [0.29, 0.717) is 17.5 Å². The average molecular weight is 267 g/mol. The number of rotatable bonds is 2. The van der Waals surface area contributed by atoms with Crippen molar-refractivity contribution in [2.45, 2.75) is 52.6 Å². The molecule has 0 amide bonds. The predicted molar refractivity (Wildman–Crippen MR) is 82.5 cm³/mol. The minimum atomic E-state index is 0.363. The Kier molecular flexibility index (Phi) is 4.91. The first kappa shape index (κ1) is 15.3. The summed E-state index contributed by atoms with van der Waals surface area (Å²) in [5.41, 5.74) is 0.363. The van der Waals surface area contributed by atoms with Crippen LogP contribution in [0.1, 0.15) is 40.5 Å². The van der Waals surface area contributed by atoms with Crippen molar-refractivity contribution in [1.29, 1.82) is 0 Å². The zero-order valence-corrected chi connectivity index (χ0v) is 13.6. The maximum Gasteiger partial charge on any atom is 0.0244 e. The van der Waals surface area contributed by atoms with E-state index in [1.807, 2.05) is 0 Å². The highest BCUT2D eigenvalue weighted by Gasteiger charge is 2.33. The highest BCUT2D eigenvalue weighted by atomic mass is 15.2. The first-order valence-corrected chi connectivity index (χ1v) is 8.02. The molecule has 3 nitrogen and oxygen atoms in total. The summed E-state index contributed by atoms with van der Waals surface area (Å²) in [6.07, 6.45) is 2.80. The van der Waals surface area contributed by atoms with Crippen molar-refractivity contribution in [3.05, 3.63) is 0 Å². The maximum atomic E-state index is 3.73. The van der Waals surface area contributed by atoms with Crippen molar-refractivity contribution in [3.8, 4) is 0 Å². The fraction of sp³-hybridized carbons (Fsp3) is 1.00. The van der Waals surface area contributed by atoms with Crippen LogP contribution in [0.15, 0.2) is 0 Å². The molecule has 2 aliphatic rings. The lowest BCUT2D eigenvalue weighted by Crippen LogP contribution is -2.60. The molecular weight excluding hydrogens is 234 g/mol. The van der Waals surface area contributed by atoms with Gasteiger partial charge in [0.2, 0.25) is 0 Å². The molecule has 1 N–H and O–H groups in total. The van der Waals surface area contributed by atoms with Crippen molar-refractivity contribution in [1.82, 2.24) is 15.1 Å². The largest absolute Gasteiger partial charge is 0.311 e. The maximum absolute atomic E-state index is 3.73. The molecule has 2 fully saturated rings. The Bertz CT molecular complexity index is 284. The number of hydrogen-bond acceptors (Lipinski definition) is 3. The molecule has 0 saturated carbocycles. The molecule has 0 radical (unpaired) electrons. The molecule has 0 aromatic heterocycles. The van der Waals surface area contributed by atoms with Crippen LogP contribution in [-0.4, -0.2) is 61.7 Å². The monoisotopic (exact) mass is 267 g/mol. The number of nitrogens with zero attached hydrogens (tertiary/aromatic N) is 2. The van der Waals surface area contributed by atoms with E-state index in [1.165, 1.54) is 39.0 Å². The fourth-order valence-electron chi connectivity index (χ4n) is 3.51. The van der Waals surface area contributed by atoms with Crippen LogP contribution >= 0.6 is 0 Å². The van der Waals surface area contributed by atoms with Gasteiger partial charge in [-0.3, -0.25) is 4.90 Å². The van der Waals surface area contributed by atoms with E-state index < -0.39 is 0 Å². The van der Waals surface area contributed by atoms with Crippen LogP contribution in [0.5, 0.6) is 0 Å². The lowest BCUT2D eigenvalue weighted by atomic mass is 9.84. The van der Waals surface area contributed by atoms with Crippen LogP contribution in [-0.2, 0) is 0 Å². The summed E-state index contributed by atoms with van der Waals surface area (Å²) in [6, 6.07) is 1.32. The standard InChI is InChI=1S/C16H33N3/c1-13-9-17-15(16(2,3)4)12-19(13)11-14-7-6-8-18(5)10-14/h13-15,17H,6-12H2,1-5H3. The molecular formula is C16H33N3. The van der Waals surface area contributed by atoms with Crippen molar-refractivity contribution in [2.75, 3.05) is 39.8 Å². The highest BCUT2D eigenvalue weighted by molar-refractivity contribution is 4.91. The van der Waals surface area contributed by atoms with Crippen LogP contribution in [0.2, 0.25) is 0 Å². The zero-order chi connectivity index (χ0) is 14.0. The van der Waals surface area contributed by atoms with Crippen LogP contribution in [0.25, 0.3) is 0 Å². The Hall–Kier alpha value is -0.120. The van der Waals surface area contributed by atoms with Gasteiger partial charge >= 0.3 is 0 Å². The van der Waals surface area contributed by atoms with Gasteiger partial charge in [0.25, 0.3) is 0 Å². The van der Waals surface area contributed by atoms with Crippen molar-refractivity contribution < 1.29 is 0 Å². The summed E-state index contributed by atoms with van der Waals surface area (Å²) in [5, 5.41) is 3.73. The van der Waals surface area contributed by atoms with Gasteiger partial charge in [-0.1, -0.05) is 20.8 Å². The molecule has 0 aromatic carbocycles. The second kappa shape index (κ2) is 6.11. The smallest absolute Gasteiger partial charge is 0.0244 e. The Morgan fingerprint density at radius 1 is 1.21 bits per heavy atom. The van der Waals surface area contributed by atoms with E-state index in [2.05, 4.69) is 49.9 Å². The number of piperazine rings is 1. The zero-order valence-electron chi connectivity index (χ0n) is 13.6. The van der Waals surface area contributed by atoms with E-state index >= 15 is 0 Å². The fourth-order valence-corrected chi connectivity index (χ4v) is 3.51. The molecule has 3 unspecified atom stereocenters. The molecule has 19 heavy (non-hydrogen) atoms. The lowest BCUT2D eigenvalue weighted by Gasteiger charge is -2.45. The average Bonchev–Trinajstić information content (AvgIpc) is 2.30. The van der Waals surface area contributed by atoms with Gasteiger partial charge in [0, 0.05) is 38.3 Å². The first-order chi connectivity index (χ1) is 8.86. The summed E-state index contributed by atoms with van der Waals surface area (Å²) in [4.78, 5) is 5.23. The molecule has 0 bridgehead atoms. The quantitative estimate of drug-likeness (QED) is 0.826. The van der Waals surface area contributed by atoms with Gasteiger partial charge in [-0.25, -0.2) is 0 Å². The van der Waals surface area contributed by atoms with Crippen LogP contribution < -0.4 is 5.32 Å². The summed E-state index contributed by atoms with van der Waals surface area (Å²) in [6.45, 7) is 15.7. The van der Waals surface area contributed by atoms with Crippen molar-refractivity contribution in [3.63, 3.8) is 0 Å². The topological polar surface area (TPSA) is 18.5 Å². The third-order valence-electron chi connectivity index (χ3n) is 4.96. The van der Waals surface area contributed by atoms with Crippen LogP contribution in [0.3, 0.4) is 0 Å². The van der Waals surface area contributed by atoms with Gasteiger partial charge in [0.05, 0.1) is 0 Å². The molecule has 2 aliphatic heterocycles. The number of hydrogen-bond donors (Lipinski definition) is 1. The van der Waals surface area contributed by atoms with Crippen LogP contribution in [0.4, 0.5) is 0 Å². The molecule has 2 heterocycles. The molecule has 112 valence electrons. The molecule has 0 spiro atoms. The normalized spacial score (nSPS) is 35.5. The van der Waals surface area contributed by atoms with E-state index in [0.717, 1.165) is 12.5 Å². The predicted octanol–water partition coefficient (Wildman–Crippen LogP) is 2.04. The number of likely N-dealkylation sites (tertiary alicyclic amines) is 1. The molecule has 2 rings (SSSR count). The van der Waals surface area contributed by atoms with Crippen molar-refractivity contribution >= 4 is 0 Å². The van der Waals surface area contributed by atoms with E-state index in [4.69, 9.17) is 0 Å². The van der Waals surface area contributed by atoms with Gasteiger partial charge in [-0.05, 0) is 44.7 Å². The van der Waals surface area contributed by atoms with Gasteiger partial charge in [0.1, 0.15) is 0 Å². The van der Waals surface area contributed by atoms with E-state index in [-0.39, 0.29) is 0 Å². The first-order valence-electron chi connectivity index (χ1n) is 8.02. The molecule has 3 atom stereocenters. The lowest BCUT2D eigenvalue weighted by molar-refractivity contribution is 0.0643. The molecule has 0 aromatic rings. The third kappa shape index (κ3) is 4.17. The Balaban J connectivity index is 1.90. The Morgan fingerprint density at radius 2 is 1.95 bits per heavy atom. The van der Waals surface area contributed by atoms with Crippen LogP contribution in [0, 0.1) is 11.3 Å². The second-order valence-electron chi connectivity index (χ2n) is 7.90. The highest BCUT2D eigenvalue weighted by Crippen LogP contribution is 2.25. The van der Waals surface area contributed by atoms with Gasteiger partial charge in [0.15, 0.2) is 0 Å². The Morgan fingerprint density at radius 3 is 2.58 bits per heavy atom. The summed E-state index contributed by atoms with van der Waals surface area (Å²) in [7, 11) is 2.27.